The van der Waals surface area contributed by atoms with Crippen LogP contribution in [0.15, 0.2) is 30.6 Å². The molecule has 0 saturated carbocycles. The molecule has 1 aromatic heterocycles. The van der Waals surface area contributed by atoms with Crippen LogP contribution in [-0.4, -0.2) is 41.3 Å². The number of piperidine rings is 1. The number of rotatable bonds is 3. The van der Waals surface area contributed by atoms with Crippen LogP contribution >= 0.6 is 0 Å². The number of aryl methyl sites for hydroxylation is 1. The maximum Gasteiger partial charge on any atom is 0.122 e. The van der Waals surface area contributed by atoms with E-state index in [1.54, 1.807) is 7.11 Å². The van der Waals surface area contributed by atoms with Gasteiger partial charge in [0.15, 0.2) is 0 Å². The van der Waals surface area contributed by atoms with Crippen molar-refractivity contribution in [3.63, 3.8) is 0 Å². The van der Waals surface area contributed by atoms with Crippen LogP contribution in [0, 0.1) is 0 Å². The topological polar surface area (TPSA) is 39.5 Å². The highest BCUT2D eigenvalue weighted by Gasteiger charge is 2.40. The Balaban J connectivity index is 1.50. The molecule has 0 atom stereocenters. The summed E-state index contributed by atoms with van der Waals surface area (Å²) in [6.45, 7) is 3.80. The summed E-state index contributed by atoms with van der Waals surface area (Å²) in [5.41, 5.74) is 2.64. The molecule has 2 aromatic rings. The number of hydrogen-bond acceptors (Lipinski definition) is 4. The maximum absolute atomic E-state index is 6.33. The SMILES string of the molecule is COc1ccc2c(c1)CCOC21CCN(Cc2nccn2C)CC1. The number of imidazole rings is 1. The zero-order valence-corrected chi connectivity index (χ0v) is 14.5. The summed E-state index contributed by atoms with van der Waals surface area (Å²) in [7, 11) is 3.79. The zero-order valence-electron chi connectivity index (χ0n) is 14.5. The van der Waals surface area contributed by atoms with Gasteiger partial charge in [0.1, 0.15) is 11.6 Å². The molecule has 5 heteroatoms. The second-order valence-corrected chi connectivity index (χ2v) is 6.85. The number of likely N-dealkylation sites (tertiary alicyclic amines) is 1. The molecular weight excluding hydrogens is 302 g/mol. The van der Waals surface area contributed by atoms with Crippen molar-refractivity contribution in [1.29, 1.82) is 0 Å². The molecule has 0 N–H and O–H groups in total. The fourth-order valence-corrected chi connectivity index (χ4v) is 4.02. The molecule has 1 saturated heterocycles. The van der Waals surface area contributed by atoms with Crippen molar-refractivity contribution in [2.75, 3.05) is 26.8 Å². The van der Waals surface area contributed by atoms with E-state index in [0.29, 0.717) is 0 Å². The number of hydrogen-bond donors (Lipinski definition) is 0. The van der Waals surface area contributed by atoms with Gasteiger partial charge in [0.2, 0.25) is 0 Å². The highest BCUT2D eigenvalue weighted by molar-refractivity contribution is 5.41. The lowest BCUT2D eigenvalue weighted by Gasteiger charge is -2.45. The van der Waals surface area contributed by atoms with Crippen LogP contribution in [0.4, 0.5) is 0 Å². The molecule has 1 fully saturated rings. The average molecular weight is 327 g/mol. The first-order valence-corrected chi connectivity index (χ1v) is 8.70. The van der Waals surface area contributed by atoms with Gasteiger partial charge in [-0.25, -0.2) is 4.98 Å². The van der Waals surface area contributed by atoms with E-state index in [0.717, 1.165) is 57.1 Å². The summed E-state index contributed by atoms with van der Waals surface area (Å²) in [5.74, 6) is 2.07. The molecule has 2 aliphatic heterocycles. The van der Waals surface area contributed by atoms with E-state index in [4.69, 9.17) is 9.47 Å². The fraction of sp³-hybridized carbons (Fsp3) is 0.526. The largest absolute Gasteiger partial charge is 0.497 e. The summed E-state index contributed by atoms with van der Waals surface area (Å²) in [6, 6.07) is 6.46. The van der Waals surface area contributed by atoms with Crippen molar-refractivity contribution < 1.29 is 9.47 Å². The normalized spacial score (nSPS) is 20.1. The molecule has 0 aliphatic carbocycles. The second-order valence-electron chi connectivity index (χ2n) is 6.85. The molecule has 2 aliphatic rings. The van der Waals surface area contributed by atoms with Crippen molar-refractivity contribution >= 4 is 0 Å². The number of benzene rings is 1. The molecule has 4 rings (SSSR count). The molecule has 24 heavy (non-hydrogen) atoms. The van der Waals surface area contributed by atoms with Gasteiger partial charge >= 0.3 is 0 Å². The molecule has 1 spiro atoms. The van der Waals surface area contributed by atoms with Gasteiger partial charge in [-0.3, -0.25) is 4.90 Å². The lowest BCUT2D eigenvalue weighted by atomic mass is 9.79. The van der Waals surface area contributed by atoms with Gasteiger partial charge < -0.3 is 14.0 Å². The standard InChI is InChI=1S/C19H25N3O2/c1-21-11-8-20-18(21)14-22-9-6-19(7-10-22)17-4-3-16(23-2)13-15(17)5-12-24-19/h3-4,8,11,13H,5-7,9-10,12,14H2,1-2H3. The van der Waals surface area contributed by atoms with Crippen molar-refractivity contribution in [3.8, 4) is 5.75 Å². The third-order valence-electron chi connectivity index (χ3n) is 5.50. The molecule has 0 unspecified atom stereocenters. The van der Waals surface area contributed by atoms with Crippen molar-refractivity contribution in [2.24, 2.45) is 7.05 Å². The Morgan fingerprint density at radius 2 is 2.12 bits per heavy atom. The minimum atomic E-state index is -0.113. The minimum Gasteiger partial charge on any atom is -0.497 e. The lowest BCUT2D eigenvalue weighted by molar-refractivity contribution is -0.0992. The monoisotopic (exact) mass is 327 g/mol. The van der Waals surface area contributed by atoms with Gasteiger partial charge in [-0.15, -0.1) is 0 Å². The van der Waals surface area contributed by atoms with Gasteiger partial charge in [0.25, 0.3) is 0 Å². The highest BCUT2D eigenvalue weighted by Crippen LogP contribution is 2.42. The summed E-state index contributed by atoms with van der Waals surface area (Å²) in [5, 5.41) is 0. The van der Waals surface area contributed by atoms with Gasteiger partial charge in [-0.2, -0.15) is 0 Å². The second kappa shape index (κ2) is 6.22. The first-order chi connectivity index (χ1) is 11.7. The van der Waals surface area contributed by atoms with Crippen LogP contribution in [0.25, 0.3) is 0 Å². The van der Waals surface area contributed by atoms with Crippen LogP contribution < -0.4 is 4.74 Å². The van der Waals surface area contributed by atoms with Crippen LogP contribution in [-0.2, 0) is 30.4 Å². The quantitative estimate of drug-likeness (QED) is 0.868. The molecule has 0 amide bonds. The Morgan fingerprint density at radius 3 is 2.83 bits per heavy atom. The van der Waals surface area contributed by atoms with Crippen LogP contribution in [0.3, 0.4) is 0 Å². The first kappa shape index (κ1) is 15.7. The minimum absolute atomic E-state index is 0.113. The van der Waals surface area contributed by atoms with Gasteiger partial charge in [0, 0.05) is 32.5 Å². The summed E-state index contributed by atoms with van der Waals surface area (Å²) in [4.78, 5) is 6.93. The molecule has 3 heterocycles. The number of ether oxygens (including phenoxy) is 2. The summed E-state index contributed by atoms with van der Waals surface area (Å²) >= 11 is 0. The third-order valence-corrected chi connectivity index (χ3v) is 5.50. The number of fused-ring (bicyclic) bond motifs is 2. The Kier molecular flexibility index (Phi) is 4.06. The molecule has 1 aromatic carbocycles. The van der Waals surface area contributed by atoms with Crippen molar-refractivity contribution in [3.05, 3.63) is 47.5 Å². The maximum atomic E-state index is 6.33. The fourth-order valence-electron chi connectivity index (χ4n) is 4.02. The van der Waals surface area contributed by atoms with Gasteiger partial charge in [-0.1, -0.05) is 6.07 Å². The number of aromatic nitrogens is 2. The van der Waals surface area contributed by atoms with E-state index in [9.17, 15) is 0 Å². The van der Waals surface area contributed by atoms with E-state index < -0.39 is 0 Å². The van der Waals surface area contributed by atoms with Crippen molar-refractivity contribution in [2.45, 2.75) is 31.4 Å². The predicted octanol–water partition coefficient (Wildman–Crippen LogP) is 2.49. The molecular formula is C19H25N3O2. The van der Waals surface area contributed by atoms with Gasteiger partial charge in [0.05, 0.1) is 25.9 Å². The number of methoxy groups -OCH3 is 1. The smallest absolute Gasteiger partial charge is 0.122 e. The lowest BCUT2D eigenvalue weighted by Crippen LogP contribution is -2.46. The van der Waals surface area contributed by atoms with Crippen LogP contribution in [0.1, 0.15) is 29.8 Å². The van der Waals surface area contributed by atoms with E-state index in [1.165, 1.54) is 11.1 Å². The Bertz CT molecular complexity index is 717. The van der Waals surface area contributed by atoms with Crippen LogP contribution in [0.5, 0.6) is 5.75 Å². The Labute approximate surface area is 143 Å². The zero-order chi connectivity index (χ0) is 16.6. The van der Waals surface area contributed by atoms with E-state index >= 15 is 0 Å². The third kappa shape index (κ3) is 2.72. The average Bonchev–Trinajstić information content (AvgIpc) is 3.02. The van der Waals surface area contributed by atoms with Crippen molar-refractivity contribution in [1.82, 2.24) is 14.5 Å². The predicted molar refractivity (Wildman–Crippen MR) is 92.0 cm³/mol. The molecule has 0 radical (unpaired) electrons. The first-order valence-electron chi connectivity index (χ1n) is 8.70. The van der Waals surface area contributed by atoms with Gasteiger partial charge in [-0.05, 0) is 42.5 Å². The van der Waals surface area contributed by atoms with E-state index in [1.807, 2.05) is 12.4 Å². The summed E-state index contributed by atoms with van der Waals surface area (Å²) < 4.78 is 13.8. The van der Waals surface area contributed by atoms with Crippen LogP contribution in [0.2, 0.25) is 0 Å². The molecule has 0 bridgehead atoms. The number of nitrogens with zero attached hydrogens (tertiary/aromatic N) is 3. The van der Waals surface area contributed by atoms with E-state index in [2.05, 4.69) is 39.7 Å². The van der Waals surface area contributed by atoms with E-state index in [-0.39, 0.29) is 5.60 Å². The Hall–Kier alpha value is -1.85. The molecule has 5 nitrogen and oxygen atoms in total. The molecule has 128 valence electrons. The Morgan fingerprint density at radius 1 is 1.29 bits per heavy atom. The highest BCUT2D eigenvalue weighted by atomic mass is 16.5. The summed E-state index contributed by atoms with van der Waals surface area (Å²) in [6.07, 6.45) is 6.93.